The predicted octanol–water partition coefficient (Wildman–Crippen LogP) is 4.89. The Balaban J connectivity index is 1.54. The summed E-state index contributed by atoms with van der Waals surface area (Å²) in [6, 6.07) is 8.89. The first-order chi connectivity index (χ1) is 15.6. The van der Waals surface area contributed by atoms with E-state index in [0.29, 0.717) is 53.7 Å². The molecule has 6 heteroatoms. The quantitative estimate of drug-likeness (QED) is 0.606. The van der Waals surface area contributed by atoms with E-state index in [0.717, 1.165) is 13.0 Å². The van der Waals surface area contributed by atoms with Crippen LogP contribution in [-0.2, 0) is 24.0 Å². The standard InChI is InChI=1S/C27H40O5S/c1-17(2)20-12-11-18(16-30-5)23-21-15-27(4)22(33(28,29)19-9-7-6-8-10-19)13-14-26(3,32-27)25(31-21)24(20)23/h6-10,17-18,20-25H,11-16H2,1-5H3/t18-,20-,21-,22-,23-,24-,25-,26-,27-/m1/s1. The van der Waals surface area contributed by atoms with Crippen molar-refractivity contribution >= 4 is 9.84 Å². The first-order valence-electron chi connectivity index (χ1n) is 12.7. The van der Waals surface area contributed by atoms with Gasteiger partial charge in [0.1, 0.15) is 0 Å². The first kappa shape index (κ1) is 23.8. The fourth-order valence-electron chi connectivity index (χ4n) is 8.06. The van der Waals surface area contributed by atoms with Gasteiger partial charge in [-0.05, 0) is 81.3 Å². The van der Waals surface area contributed by atoms with Crippen LogP contribution in [0.3, 0.4) is 0 Å². The van der Waals surface area contributed by atoms with E-state index in [4.69, 9.17) is 14.2 Å². The minimum atomic E-state index is -3.51. The second kappa shape index (κ2) is 8.32. The molecule has 33 heavy (non-hydrogen) atoms. The number of fused-ring (bicyclic) bond motifs is 8. The molecular formula is C27H40O5S. The lowest BCUT2D eigenvalue weighted by molar-refractivity contribution is -0.209. The van der Waals surface area contributed by atoms with Crippen LogP contribution in [0.2, 0.25) is 0 Å². The van der Waals surface area contributed by atoms with Crippen LogP contribution in [0.25, 0.3) is 0 Å². The summed E-state index contributed by atoms with van der Waals surface area (Å²) in [4.78, 5) is 0.395. The molecule has 1 saturated carbocycles. The molecule has 0 aromatic heterocycles. The van der Waals surface area contributed by atoms with Gasteiger partial charge in [0.05, 0.1) is 33.6 Å². The van der Waals surface area contributed by atoms with E-state index in [-0.39, 0.29) is 12.2 Å². The van der Waals surface area contributed by atoms with E-state index in [1.54, 1.807) is 31.4 Å². The minimum absolute atomic E-state index is 0.0140. The Kier molecular flexibility index (Phi) is 5.99. The third-order valence-corrected chi connectivity index (χ3v) is 11.8. The molecule has 0 unspecified atom stereocenters. The zero-order chi connectivity index (χ0) is 23.6. The fourth-order valence-corrected chi connectivity index (χ4v) is 10.2. The third-order valence-electron chi connectivity index (χ3n) is 9.40. The smallest absolute Gasteiger partial charge is 0.184 e. The molecule has 5 rings (SSSR count). The lowest BCUT2D eigenvalue weighted by Gasteiger charge is -2.54. The Hall–Kier alpha value is -0.950. The Labute approximate surface area is 199 Å². The maximum atomic E-state index is 13.8. The Bertz CT molecular complexity index is 962. The maximum absolute atomic E-state index is 13.8. The highest BCUT2D eigenvalue weighted by molar-refractivity contribution is 7.92. The number of benzene rings is 1. The van der Waals surface area contributed by atoms with Crippen molar-refractivity contribution in [2.45, 2.75) is 93.4 Å². The number of methoxy groups -OCH3 is 1. The fraction of sp³-hybridized carbons (Fsp3) is 0.778. The van der Waals surface area contributed by atoms with Crippen LogP contribution in [0.5, 0.6) is 0 Å². The summed E-state index contributed by atoms with van der Waals surface area (Å²) in [5.41, 5.74) is -1.23. The third kappa shape index (κ3) is 3.71. The monoisotopic (exact) mass is 476 g/mol. The molecule has 4 fully saturated rings. The number of hydrogen-bond acceptors (Lipinski definition) is 5. The Morgan fingerprint density at radius 1 is 1.06 bits per heavy atom. The van der Waals surface area contributed by atoms with Gasteiger partial charge in [-0.15, -0.1) is 0 Å². The van der Waals surface area contributed by atoms with Gasteiger partial charge in [-0.1, -0.05) is 32.0 Å². The van der Waals surface area contributed by atoms with Crippen LogP contribution < -0.4 is 0 Å². The Morgan fingerprint density at radius 3 is 2.45 bits per heavy atom. The van der Waals surface area contributed by atoms with Crippen LogP contribution in [0.1, 0.15) is 59.8 Å². The number of ether oxygens (including phenoxy) is 3. The molecule has 1 aromatic carbocycles. The number of sulfone groups is 1. The molecule has 184 valence electrons. The highest BCUT2D eigenvalue weighted by atomic mass is 32.2. The van der Waals surface area contributed by atoms with Gasteiger partial charge >= 0.3 is 0 Å². The van der Waals surface area contributed by atoms with Gasteiger partial charge in [-0.3, -0.25) is 0 Å². The zero-order valence-corrected chi connectivity index (χ0v) is 21.5. The van der Waals surface area contributed by atoms with E-state index >= 15 is 0 Å². The van der Waals surface area contributed by atoms with Crippen molar-refractivity contribution in [2.75, 3.05) is 13.7 Å². The predicted molar refractivity (Wildman–Crippen MR) is 128 cm³/mol. The zero-order valence-electron chi connectivity index (χ0n) is 20.7. The maximum Gasteiger partial charge on any atom is 0.184 e. The van der Waals surface area contributed by atoms with Crippen molar-refractivity contribution < 1.29 is 22.6 Å². The largest absolute Gasteiger partial charge is 0.384 e. The van der Waals surface area contributed by atoms with E-state index in [1.807, 2.05) is 13.0 Å². The van der Waals surface area contributed by atoms with Crippen molar-refractivity contribution in [3.63, 3.8) is 0 Å². The molecule has 3 saturated heterocycles. The summed E-state index contributed by atoms with van der Waals surface area (Å²) in [6.07, 6.45) is 4.34. The highest BCUT2D eigenvalue weighted by Crippen LogP contribution is 2.60. The van der Waals surface area contributed by atoms with Crippen LogP contribution in [-0.4, -0.2) is 50.8 Å². The molecule has 5 nitrogen and oxygen atoms in total. The van der Waals surface area contributed by atoms with E-state index < -0.39 is 26.3 Å². The second-order valence-electron chi connectivity index (χ2n) is 11.8. The van der Waals surface area contributed by atoms with Crippen molar-refractivity contribution in [3.05, 3.63) is 30.3 Å². The molecule has 0 N–H and O–H groups in total. The molecule has 4 aliphatic rings. The molecule has 1 aromatic rings. The lowest BCUT2D eigenvalue weighted by Crippen LogP contribution is -2.62. The van der Waals surface area contributed by atoms with Crippen molar-refractivity contribution in [1.29, 1.82) is 0 Å². The van der Waals surface area contributed by atoms with Gasteiger partial charge in [-0.25, -0.2) is 8.42 Å². The van der Waals surface area contributed by atoms with Gasteiger partial charge in [0, 0.05) is 20.1 Å². The molecule has 4 bridgehead atoms. The van der Waals surface area contributed by atoms with Gasteiger partial charge in [-0.2, -0.15) is 0 Å². The normalized spacial score (nSPS) is 45.0. The van der Waals surface area contributed by atoms with Crippen molar-refractivity contribution in [2.24, 2.45) is 29.6 Å². The number of rotatable bonds is 5. The molecule has 1 aliphatic carbocycles. The summed E-state index contributed by atoms with van der Waals surface area (Å²) in [5.74, 6) is 2.50. The van der Waals surface area contributed by atoms with Crippen LogP contribution in [0.4, 0.5) is 0 Å². The Morgan fingerprint density at radius 2 is 1.79 bits per heavy atom. The van der Waals surface area contributed by atoms with Gasteiger partial charge in [0.15, 0.2) is 9.84 Å². The molecular weight excluding hydrogens is 436 g/mol. The van der Waals surface area contributed by atoms with Gasteiger partial charge < -0.3 is 14.2 Å². The summed E-state index contributed by atoms with van der Waals surface area (Å²) in [6.45, 7) is 9.64. The van der Waals surface area contributed by atoms with Gasteiger partial charge in [0.25, 0.3) is 0 Å². The summed E-state index contributed by atoms with van der Waals surface area (Å²) in [5, 5.41) is -0.563. The molecule has 3 aliphatic heterocycles. The van der Waals surface area contributed by atoms with E-state index in [9.17, 15) is 8.42 Å². The minimum Gasteiger partial charge on any atom is -0.384 e. The van der Waals surface area contributed by atoms with Crippen LogP contribution in [0.15, 0.2) is 35.2 Å². The van der Waals surface area contributed by atoms with Crippen LogP contribution >= 0.6 is 0 Å². The summed E-state index contributed by atoms with van der Waals surface area (Å²) in [7, 11) is -1.72. The molecule has 0 radical (unpaired) electrons. The van der Waals surface area contributed by atoms with Crippen molar-refractivity contribution in [1.82, 2.24) is 0 Å². The lowest BCUT2D eigenvalue weighted by atomic mass is 9.58. The van der Waals surface area contributed by atoms with E-state index in [2.05, 4.69) is 20.8 Å². The SMILES string of the molecule is COC[C@H]1CC[C@H](C(C)C)[C@@H]2[C@H]1[C@H]1C[C@@]3(C)O[C@](C)(CC[C@H]3S(=O)(=O)c3ccccc3)[C@@H]2O1. The van der Waals surface area contributed by atoms with E-state index in [1.165, 1.54) is 6.42 Å². The number of hydrogen-bond donors (Lipinski definition) is 0. The van der Waals surface area contributed by atoms with Crippen LogP contribution in [0, 0.1) is 29.6 Å². The second-order valence-corrected chi connectivity index (χ2v) is 13.9. The van der Waals surface area contributed by atoms with Crippen molar-refractivity contribution in [3.8, 4) is 0 Å². The molecule has 0 amide bonds. The molecule has 9 atom stereocenters. The summed E-state index contributed by atoms with van der Waals surface area (Å²) >= 11 is 0. The average Bonchev–Trinajstić information content (AvgIpc) is 3.10. The first-order valence-corrected chi connectivity index (χ1v) is 14.3. The van der Waals surface area contributed by atoms with Gasteiger partial charge in [0.2, 0.25) is 0 Å². The highest BCUT2D eigenvalue weighted by Gasteiger charge is 2.66. The topological polar surface area (TPSA) is 61.8 Å². The molecule has 0 spiro atoms. The molecule has 3 heterocycles. The summed E-state index contributed by atoms with van der Waals surface area (Å²) < 4.78 is 47.0. The average molecular weight is 477 g/mol.